The largest absolute Gasteiger partial charge is 0.467 e. The van der Waals surface area contributed by atoms with Crippen LogP contribution < -0.4 is 4.74 Å². The van der Waals surface area contributed by atoms with Crippen LogP contribution in [0.2, 0.25) is 0 Å². The molecule has 2 nitrogen and oxygen atoms in total. The van der Waals surface area contributed by atoms with Crippen molar-refractivity contribution in [1.82, 2.24) is 0 Å². The number of hydrogen-bond donors (Lipinski definition) is 0. The van der Waals surface area contributed by atoms with Crippen LogP contribution in [0.3, 0.4) is 0 Å². The summed E-state index contributed by atoms with van der Waals surface area (Å²) in [5.41, 5.74) is 2.11. The van der Waals surface area contributed by atoms with Crippen LogP contribution in [0.15, 0.2) is 18.2 Å². The molecule has 1 aromatic carbocycles. The molecule has 0 unspecified atom stereocenters. The average molecular weight is 246 g/mol. The van der Waals surface area contributed by atoms with Crippen molar-refractivity contribution < 1.29 is 18.3 Å². The molecule has 0 bridgehead atoms. The van der Waals surface area contributed by atoms with Crippen molar-refractivity contribution in [1.29, 1.82) is 0 Å². The van der Waals surface area contributed by atoms with Gasteiger partial charge in [-0.25, -0.2) is 0 Å². The van der Waals surface area contributed by atoms with Crippen molar-refractivity contribution in [3.05, 3.63) is 29.3 Å². The Hall–Kier alpha value is -1.16. The van der Waals surface area contributed by atoms with Crippen molar-refractivity contribution in [3.8, 4) is 5.75 Å². The summed E-state index contributed by atoms with van der Waals surface area (Å²) in [6, 6.07) is 5.61. The molecule has 0 saturated heterocycles. The van der Waals surface area contributed by atoms with Gasteiger partial charge in [-0.1, -0.05) is 38.5 Å². The normalized spacial score (nSPS) is 9.82. The van der Waals surface area contributed by atoms with Gasteiger partial charge in [-0.2, -0.15) is 8.78 Å². The lowest BCUT2D eigenvalue weighted by Gasteiger charge is -2.10. The first-order valence-electron chi connectivity index (χ1n) is 5.75. The molecule has 0 N–H and O–H groups in total. The summed E-state index contributed by atoms with van der Waals surface area (Å²) in [7, 11) is 0. The first kappa shape index (κ1) is 15.8. The molecule has 98 valence electrons. The van der Waals surface area contributed by atoms with Crippen LogP contribution in [-0.4, -0.2) is 13.4 Å². The van der Waals surface area contributed by atoms with E-state index in [-0.39, 0.29) is 0 Å². The third kappa shape index (κ3) is 6.22. The maximum Gasteiger partial charge on any atom is 0.348 e. The van der Waals surface area contributed by atoms with E-state index >= 15 is 0 Å². The lowest BCUT2D eigenvalue weighted by Crippen LogP contribution is -2.08. The van der Waals surface area contributed by atoms with Gasteiger partial charge in [0.25, 0.3) is 0 Å². The molecule has 0 amide bonds. The van der Waals surface area contributed by atoms with Gasteiger partial charge in [0.05, 0.1) is 0 Å². The van der Waals surface area contributed by atoms with Gasteiger partial charge in [0.15, 0.2) is 6.79 Å². The van der Waals surface area contributed by atoms with E-state index < -0.39 is 13.4 Å². The molecule has 1 rings (SSSR count). The number of aryl methyl sites for hydroxylation is 2. The first-order chi connectivity index (χ1) is 8.13. The minimum atomic E-state index is -2.79. The molecule has 0 aliphatic heterocycles. The van der Waals surface area contributed by atoms with Crippen LogP contribution in [0.5, 0.6) is 5.75 Å². The van der Waals surface area contributed by atoms with E-state index in [0.717, 1.165) is 17.5 Å². The van der Waals surface area contributed by atoms with Crippen LogP contribution in [-0.2, 0) is 11.2 Å². The molecule has 0 aliphatic rings. The predicted molar refractivity (Wildman–Crippen MR) is 64.5 cm³/mol. The molecule has 4 heteroatoms. The molecule has 0 atom stereocenters. The fourth-order valence-electron chi connectivity index (χ4n) is 1.27. The predicted octanol–water partition coefficient (Wildman–Crippen LogP) is 4.16. The van der Waals surface area contributed by atoms with E-state index in [1.807, 2.05) is 39.8 Å². The van der Waals surface area contributed by atoms with Crippen molar-refractivity contribution >= 4 is 0 Å². The summed E-state index contributed by atoms with van der Waals surface area (Å²) in [6.07, 6.45) is 0.797. The molecule has 0 aliphatic carbocycles. The summed E-state index contributed by atoms with van der Waals surface area (Å²) >= 11 is 0. The first-order valence-corrected chi connectivity index (χ1v) is 5.75. The molecule has 0 fully saturated rings. The van der Waals surface area contributed by atoms with E-state index in [1.54, 1.807) is 6.07 Å². The molecular formula is C13H20F2O2. The highest BCUT2D eigenvalue weighted by molar-refractivity contribution is 5.36. The Labute approximate surface area is 102 Å². The molecular weight excluding hydrogens is 226 g/mol. The zero-order valence-corrected chi connectivity index (χ0v) is 10.8. The smallest absolute Gasteiger partial charge is 0.348 e. The maximum absolute atomic E-state index is 11.7. The van der Waals surface area contributed by atoms with Crippen LogP contribution in [0.1, 0.15) is 31.9 Å². The Balaban J connectivity index is 0.00000121. The molecule has 0 radical (unpaired) electrons. The molecule has 0 spiro atoms. The Morgan fingerprint density at radius 2 is 1.88 bits per heavy atom. The second kappa shape index (κ2) is 8.93. The molecule has 1 aromatic rings. The lowest BCUT2D eigenvalue weighted by molar-refractivity contribution is -0.167. The minimum Gasteiger partial charge on any atom is -0.467 e. The van der Waals surface area contributed by atoms with Gasteiger partial charge in [0.2, 0.25) is 0 Å². The van der Waals surface area contributed by atoms with Gasteiger partial charge >= 0.3 is 6.61 Å². The van der Waals surface area contributed by atoms with Gasteiger partial charge in [-0.05, 0) is 25.0 Å². The SMILES string of the molecule is CC.CCc1cc(C)ccc1OCOC(F)F. The molecule has 17 heavy (non-hydrogen) atoms. The Morgan fingerprint density at radius 1 is 1.24 bits per heavy atom. The maximum atomic E-state index is 11.7. The molecule has 0 heterocycles. The number of halogens is 2. The molecule has 0 aromatic heterocycles. The van der Waals surface area contributed by atoms with Gasteiger partial charge in [-0.3, -0.25) is 4.74 Å². The summed E-state index contributed by atoms with van der Waals surface area (Å²) < 4.78 is 32.5. The number of alkyl halides is 2. The summed E-state index contributed by atoms with van der Waals surface area (Å²) in [5, 5.41) is 0. The van der Waals surface area contributed by atoms with Gasteiger partial charge in [0, 0.05) is 0 Å². The highest BCUT2D eigenvalue weighted by atomic mass is 19.3. The van der Waals surface area contributed by atoms with Gasteiger partial charge in [-0.15, -0.1) is 0 Å². The van der Waals surface area contributed by atoms with E-state index in [9.17, 15) is 8.78 Å². The summed E-state index contributed by atoms with van der Waals surface area (Å²) in [6.45, 7) is 4.74. The number of benzene rings is 1. The summed E-state index contributed by atoms with van der Waals surface area (Å²) in [4.78, 5) is 0. The average Bonchev–Trinajstić information content (AvgIpc) is 2.33. The van der Waals surface area contributed by atoms with Crippen LogP contribution in [0.4, 0.5) is 8.78 Å². The van der Waals surface area contributed by atoms with E-state index in [4.69, 9.17) is 4.74 Å². The second-order valence-electron chi connectivity index (χ2n) is 3.15. The van der Waals surface area contributed by atoms with E-state index in [0.29, 0.717) is 5.75 Å². The minimum absolute atomic E-state index is 0.423. The van der Waals surface area contributed by atoms with Crippen LogP contribution in [0, 0.1) is 6.92 Å². The third-order valence-electron chi connectivity index (χ3n) is 2.01. The Morgan fingerprint density at radius 3 is 2.41 bits per heavy atom. The quantitative estimate of drug-likeness (QED) is 0.726. The Bertz CT molecular complexity index is 314. The van der Waals surface area contributed by atoms with Gasteiger partial charge in [0.1, 0.15) is 5.75 Å². The fraction of sp³-hybridized carbons (Fsp3) is 0.538. The van der Waals surface area contributed by atoms with Crippen molar-refractivity contribution in [2.45, 2.75) is 40.7 Å². The second-order valence-corrected chi connectivity index (χ2v) is 3.15. The number of ether oxygens (including phenoxy) is 2. The van der Waals surface area contributed by atoms with Gasteiger partial charge < -0.3 is 4.74 Å². The van der Waals surface area contributed by atoms with E-state index in [1.165, 1.54) is 0 Å². The van der Waals surface area contributed by atoms with Crippen LogP contribution >= 0.6 is 0 Å². The number of hydrogen-bond acceptors (Lipinski definition) is 2. The standard InChI is InChI=1S/C11H14F2O2.C2H6/c1-3-9-6-8(2)4-5-10(9)14-7-15-11(12)13;1-2/h4-6,11H,3,7H2,1-2H3;1-2H3. The fourth-order valence-corrected chi connectivity index (χ4v) is 1.27. The zero-order valence-electron chi connectivity index (χ0n) is 10.8. The number of rotatable bonds is 5. The lowest BCUT2D eigenvalue weighted by atomic mass is 10.1. The van der Waals surface area contributed by atoms with Crippen molar-refractivity contribution in [2.75, 3.05) is 6.79 Å². The van der Waals surface area contributed by atoms with Crippen LogP contribution in [0.25, 0.3) is 0 Å². The van der Waals surface area contributed by atoms with E-state index in [2.05, 4.69) is 4.74 Å². The highest BCUT2D eigenvalue weighted by Crippen LogP contribution is 2.20. The zero-order chi connectivity index (χ0) is 13.3. The molecule has 0 saturated carbocycles. The third-order valence-corrected chi connectivity index (χ3v) is 2.01. The van der Waals surface area contributed by atoms with Crippen molar-refractivity contribution in [3.63, 3.8) is 0 Å². The van der Waals surface area contributed by atoms with Crippen molar-refractivity contribution in [2.24, 2.45) is 0 Å². The highest BCUT2D eigenvalue weighted by Gasteiger charge is 2.05. The Kier molecular flexibility index (Phi) is 8.32. The monoisotopic (exact) mass is 246 g/mol. The topological polar surface area (TPSA) is 18.5 Å². The summed E-state index contributed by atoms with van der Waals surface area (Å²) in [5.74, 6) is 0.601.